The highest BCUT2D eigenvalue weighted by Crippen LogP contribution is 2.61. The fraction of sp³-hybridized carbons (Fsp3) is 0.0448. The monoisotopic (exact) mass is 907 g/mol. The van der Waals surface area contributed by atoms with Crippen LogP contribution in [0.2, 0.25) is 0 Å². The van der Waals surface area contributed by atoms with Gasteiger partial charge in [0.15, 0.2) is 0 Å². The molecule has 0 saturated heterocycles. The number of benzene rings is 10. The molecule has 2 atom stereocenters. The molecule has 4 heteroatoms. The van der Waals surface area contributed by atoms with Crippen LogP contribution in [0.15, 0.2) is 255 Å². The van der Waals surface area contributed by atoms with Crippen molar-refractivity contribution in [2.75, 3.05) is 4.90 Å². The number of para-hydroxylation sites is 5. The van der Waals surface area contributed by atoms with Crippen molar-refractivity contribution in [1.29, 1.82) is 0 Å². The Morgan fingerprint density at radius 1 is 0.423 bits per heavy atom. The average molecular weight is 908 g/mol. The molecule has 0 bridgehead atoms. The van der Waals surface area contributed by atoms with Gasteiger partial charge in [-0.1, -0.05) is 182 Å². The Labute approximate surface area is 411 Å². The molecule has 4 heterocycles. The van der Waals surface area contributed by atoms with E-state index in [4.69, 9.17) is 4.74 Å². The molecule has 0 radical (unpaired) electrons. The van der Waals surface area contributed by atoms with Crippen LogP contribution in [0.25, 0.3) is 66.1 Å². The third-order valence-electron chi connectivity index (χ3n) is 15.5. The van der Waals surface area contributed by atoms with E-state index in [2.05, 4.69) is 269 Å². The summed E-state index contributed by atoms with van der Waals surface area (Å²) in [6, 6.07) is 84.8. The van der Waals surface area contributed by atoms with Crippen molar-refractivity contribution in [2.24, 2.45) is 0 Å². The van der Waals surface area contributed by atoms with Crippen molar-refractivity contribution in [3.63, 3.8) is 0 Å². The lowest BCUT2D eigenvalue weighted by Crippen LogP contribution is -2.37. The van der Waals surface area contributed by atoms with Crippen LogP contribution in [0.4, 0.5) is 17.1 Å². The lowest BCUT2D eigenvalue weighted by molar-refractivity contribution is 0.434. The zero-order chi connectivity index (χ0) is 46.6. The van der Waals surface area contributed by atoms with Gasteiger partial charge in [0.2, 0.25) is 0 Å². The minimum absolute atomic E-state index is 0.387. The predicted octanol–water partition coefficient (Wildman–Crippen LogP) is 17.4. The van der Waals surface area contributed by atoms with E-state index in [1.807, 2.05) is 0 Å². The largest absolute Gasteiger partial charge is 0.457 e. The first-order valence-electron chi connectivity index (χ1n) is 24.7. The highest BCUT2D eigenvalue weighted by atomic mass is 16.5. The van der Waals surface area contributed by atoms with Crippen LogP contribution in [-0.2, 0) is 5.41 Å². The first-order valence-corrected chi connectivity index (χ1v) is 24.7. The number of aromatic nitrogens is 2. The summed E-state index contributed by atoms with van der Waals surface area (Å²) in [6.45, 7) is 0. The normalized spacial score (nSPS) is 16.3. The average Bonchev–Trinajstić information content (AvgIpc) is 3.97. The van der Waals surface area contributed by atoms with Crippen LogP contribution in [0.5, 0.6) is 11.5 Å². The molecule has 4 nitrogen and oxygen atoms in total. The topological polar surface area (TPSA) is 22.3 Å². The Morgan fingerprint density at radius 3 is 1.86 bits per heavy atom. The number of anilines is 3. The molecule has 2 aliphatic heterocycles. The van der Waals surface area contributed by atoms with Crippen LogP contribution in [-0.4, -0.2) is 9.13 Å². The summed E-state index contributed by atoms with van der Waals surface area (Å²) in [5.74, 6) is 2.08. The molecule has 2 aromatic heterocycles. The third kappa shape index (κ3) is 5.79. The molecule has 0 N–H and O–H groups in total. The van der Waals surface area contributed by atoms with E-state index >= 15 is 0 Å². The lowest BCUT2D eigenvalue weighted by atomic mass is 9.62. The number of rotatable bonds is 6. The van der Waals surface area contributed by atoms with Crippen molar-refractivity contribution in [3.8, 4) is 34.0 Å². The van der Waals surface area contributed by atoms with E-state index in [0.29, 0.717) is 5.92 Å². The fourth-order valence-electron chi connectivity index (χ4n) is 12.4. The van der Waals surface area contributed by atoms with Gasteiger partial charge in [-0.05, 0) is 101 Å². The van der Waals surface area contributed by atoms with Gasteiger partial charge in [-0.15, -0.1) is 0 Å². The lowest BCUT2D eigenvalue weighted by Gasteiger charge is -2.45. The van der Waals surface area contributed by atoms with E-state index in [1.165, 1.54) is 71.6 Å². The molecule has 1 spiro atoms. The minimum atomic E-state index is -0.662. The summed E-state index contributed by atoms with van der Waals surface area (Å²) < 4.78 is 12.1. The zero-order valence-electron chi connectivity index (χ0n) is 38.8. The second-order valence-electron chi connectivity index (χ2n) is 19.1. The van der Waals surface area contributed by atoms with Gasteiger partial charge < -0.3 is 18.8 Å². The van der Waals surface area contributed by atoms with E-state index < -0.39 is 5.41 Å². The fourth-order valence-corrected chi connectivity index (χ4v) is 12.4. The van der Waals surface area contributed by atoms with Crippen LogP contribution in [0, 0.1) is 0 Å². The SMILES string of the molecule is C1=CCC(c2ccc(-n3c4ccccc4c4ccc(N(c5ccc(-c6ccccc6)cc5)c5ccc6c(c5)Oc5ccccc5C65c6ccccc6-n6c7ccccc7c7cccc5c76)cc43)cc2)C=C1. The third-order valence-corrected chi connectivity index (χ3v) is 15.5. The Kier molecular flexibility index (Phi) is 8.67. The number of nitrogens with zero attached hydrogens (tertiary/aromatic N) is 3. The van der Waals surface area contributed by atoms with Crippen molar-refractivity contribution in [1.82, 2.24) is 9.13 Å². The summed E-state index contributed by atoms with van der Waals surface area (Å²) in [4.78, 5) is 2.40. The molecule has 3 aliphatic rings. The van der Waals surface area contributed by atoms with E-state index in [9.17, 15) is 0 Å². The maximum Gasteiger partial charge on any atom is 0.134 e. The molecule has 71 heavy (non-hydrogen) atoms. The van der Waals surface area contributed by atoms with E-state index in [-0.39, 0.29) is 0 Å². The Bertz CT molecular complexity index is 4170. The van der Waals surface area contributed by atoms with Crippen LogP contribution < -0.4 is 9.64 Å². The quantitative estimate of drug-likeness (QED) is 0.166. The van der Waals surface area contributed by atoms with Crippen molar-refractivity contribution in [3.05, 3.63) is 283 Å². The number of allylic oxidation sites excluding steroid dienone is 4. The van der Waals surface area contributed by atoms with Gasteiger partial charge >= 0.3 is 0 Å². The first kappa shape index (κ1) is 39.8. The Hall–Kier alpha value is -9.12. The molecule has 12 aromatic rings. The summed E-state index contributed by atoms with van der Waals surface area (Å²) >= 11 is 0. The standard InChI is InChI=1S/C67H45N3O/c1-3-16-44(17-4-1)46-30-34-48(35-31-46)68(50-38-40-54-52-20-7-11-26-60(52)69(63(54)42-50)49-36-32-47(33-37-49)45-18-5-2-6-19-45)51-39-41-58-65(43-51)71-64-29-14-10-24-57(64)67(58)56-23-9-13-28-62(56)70-61-27-12-8-21-53(61)55-22-15-25-59(67)66(55)70/h1-18,20-43,45H,19H2. The van der Waals surface area contributed by atoms with Crippen LogP contribution in [0.1, 0.15) is 40.2 Å². The highest BCUT2D eigenvalue weighted by molar-refractivity contribution is 6.13. The second kappa shape index (κ2) is 15.4. The van der Waals surface area contributed by atoms with Crippen molar-refractivity contribution < 1.29 is 4.74 Å². The Balaban J connectivity index is 0.951. The van der Waals surface area contributed by atoms with Gasteiger partial charge in [0.1, 0.15) is 11.5 Å². The van der Waals surface area contributed by atoms with Crippen LogP contribution in [0.3, 0.4) is 0 Å². The van der Waals surface area contributed by atoms with Gasteiger partial charge in [-0.2, -0.15) is 0 Å². The van der Waals surface area contributed by atoms with Crippen molar-refractivity contribution in [2.45, 2.75) is 17.8 Å². The number of hydrogen-bond donors (Lipinski definition) is 0. The molecule has 15 rings (SSSR count). The first-order chi connectivity index (χ1) is 35.2. The molecule has 0 fully saturated rings. The number of ether oxygens (including phenoxy) is 1. The maximum atomic E-state index is 7.20. The zero-order valence-corrected chi connectivity index (χ0v) is 38.8. The van der Waals surface area contributed by atoms with Gasteiger partial charge in [-0.3, -0.25) is 0 Å². The summed E-state index contributed by atoms with van der Waals surface area (Å²) in [5, 5.41) is 4.94. The number of fused-ring (bicyclic) bond motifs is 14. The predicted molar refractivity (Wildman–Crippen MR) is 293 cm³/mol. The molecular formula is C67H45N3O. The molecule has 1 aliphatic carbocycles. The van der Waals surface area contributed by atoms with Gasteiger partial charge in [-0.25, -0.2) is 0 Å². The highest BCUT2D eigenvalue weighted by Gasteiger charge is 2.50. The minimum Gasteiger partial charge on any atom is -0.457 e. The summed E-state index contributed by atoms with van der Waals surface area (Å²) in [6.07, 6.45) is 9.89. The summed E-state index contributed by atoms with van der Waals surface area (Å²) in [7, 11) is 0. The van der Waals surface area contributed by atoms with Gasteiger partial charge in [0, 0.05) is 67.4 Å². The van der Waals surface area contributed by atoms with E-state index in [0.717, 1.165) is 57.3 Å². The number of hydrogen-bond acceptors (Lipinski definition) is 2. The molecule has 334 valence electrons. The molecule has 2 unspecified atom stereocenters. The maximum absolute atomic E-state index is 7.20. The van der Waals surface area contributed by atoms with E-state index in [1.54, 1.807) is 0 Å². The van der Waals surface area contributed by atoms with Gasteiger partial charge in [0.05, 0.1) is 33.2 Å². The van der Waals surface area contributed by atoms with Crippen molar-refractivity contribution >= 4 is 60.7 Å². The molecule has 0 amide bonds. The smallest absolute Gasteiger partial charge is 0.134 e. The van der Waals surface area contributed by atoms with Gasteiger partial charge in [0.25, 0.3) is 0 Å². The van der Waals surface area contributed by atoms with Crippen LogP contribution >= 0.6 is 0 Å². The summed E-state index contributed by atoms with van der Waals surface area (Å²) in [5.41, 5.74) is 18.0. The molecule has 10 aromatic carbocycles. The molecule has 0 saturated carbocycles. The second-order valence-corrected chi connectivity index (χ2v) is 19.1. The Morgan fingerprint density at radius 2 is 1.04 bits per heavy atom. The molecular weight excluding hydrogens is 863 g/mol.